The molecule has 0 fully saturated rings. The van der Waals surface area contributed by atoms with Crippen LogP contribution in [-0.2, 0) is 13.1 Å². The van der Waals surface area contributed by atoms with E-state index in [-0.39, 0.29) is 0 Å². The molecule has 0 unspecified atom stereocenters. The van der Waals surface area contributed by atoms with E-state index in [4.69, 9.17) is 17.0 Å². The van der Waals surface area contributed by atoms with Crippen molar-refractivity contribution in [3.8, 4) is 5.75 Å². The van der Waals surface area contributed by atoms with Crippen LogP contribution in [0.4, 0.5) is 11.4 Å². The van der Waals surface area contributed by atoms with Gasteiger partial charge in [-0.3, -0.25) is 4.98 Å². The van der Waals surface area contributed by atoms with Gasteiger partial charge in [-0.05, 0) is 66.7 Å². The number of ether oxygens (including phenoxy) is 1. The van der Waals surface area contributed by atoms with Gasteiger partial charge >= 0.3 is 0 Å². The molecule has 0 aliphatic carbocycles. The first-order valence-electron chi connectivity index (χ1n) is 9.83. The van der Waals surface area contributed by atoms with Crippen LogP contribution >= 0.6 is 12.2 Å². The number of anilines is 2. The van der Waals surface area contributed by atoms with Crippen molar-refractivity contribution in [2.75, 3.05) is 31.4 Å². The molecule has 0 saturated heterocycles. The molecule has 0 spiro atoms. The van der Waals surface area contributed by atoms with Crippen LogP contribution in [0.2, 0.25) is 0 Å². The van der Waals surface area contributed by atoms with Crippen LogP contribution in [0.1, 0.15) is 16.8 Å². The normalized spacial score (nSPS) is 10.4. The van der Waals surface area contributed by atoms with Crippen molar-refractivity contribution < 1.29 is 4.74 Å². The molecule has 5 nitrogen and oxygen atoms in total. The molecule has 0 atom stereocenters. The van der Waals surface area contributed by atoms with Crippen LogP contribution < -0.4 is 15.0 Å². The standard InChI is InChI=1S/C24H28N4OS/c1-18-8-13-23(29-4)22(15-18)26-24(30)28(17-20-7-5-6-14-25-20)16-19-9-11-21(12-10-19)27(2)3/h5-15H,16-17H2,1-4H3,(H,26,30). The number of nitrogens with one attached hydrogen (secondary N) is 1. The van der Waals surface area contributed by atoms with Gasteiger partial charge < -0.3 is 19.9 Å². The molecule has 0 aliphatic heterocycles. The second kappa shape index (κ2) is 10.1. The molecule has 0 amide bonds. The molecule has 0 bridgehead atoms. The van der Waals surface area contributed by atoms with Crippen LogP contribution in [0.3, 0.4) is 0 Å². The van der Waals surface area contributed by atoms with Crippen molar-refractivity contribution in [1.29, 1.82) is 0 Å². The van der Waals surface area contributed by atoms with Gasteiger partial charge in [-0.1, -0.05) is 24.3 Å². The molecule has 0 saturated carbocycles. The SMILES string of the molecule is COc1ccc(C)cc1NC(=S)N(Cc1ccc(N(C)C)cc1)Cc1ccccn1. The first kappa shape index (κ1) is 21.6. The minimum atomic E-state index is 0.607. The Morgan fingerprint density at radius 3 is 2.43 bits per heavy atom. The fraction of sp³-hybridized carbons (Fsp3) is 0.250. The van der Waals surface area contributed by atoms with E-state index in [1.807, 2.05) is 57.4 Å². The van der Waals surface area contributed by atoms with E-state index < -0.39 is 0 Å². The predicted molar refractivity (Wildman–Crippen MR) is 128 cm³/mol. The van der Waals surface area contributed by atoms with Gasteiger partial charge in [0.25, 0.3) is 0 Å². The summed E-state index contributed by atoms with van der Waals surface area (Å²) in [6.45, 7) is 3.33. The molecule has 3 aromatic rings. The third-order valence-electron chi connectivity index (χ3n) is 4.79. The highest BCUT2D eigenvalue weighted by atomic mass is 32.1. The van der Waals surface area contributed by atoms with Gasteiger partial charge in [0.05, 0.1) is 25.0 Å². The zero-order valence-electron chi connectivity index (χ0n) is 17.9. The van der Waals surface area contributed by atoms with Crippen molar-refractivity contribution in [2.24, 2.45) is 0 Å². The van der Waals surface area contributed by atoms with E-state index in [1.165, 1.54) is 11.3 Å². The minimum absolute atomic E-state index is 0.607. The molecule has 6 heteroatoms. The van der Waals surface area contributed by atoms with Crippen LogP contribution in [0.5, 0.6) is 5.75 Å². The average molecular weight is 421 g/mol. The zero-order valence-corrected chi connectivity index (χ0v) is 18.7. The van der Waals surface area contributed by atoms with Gasteiger partial charge in [-0.2, -0.15) is 0 Å². The third kappa shape index (κ3) is 5.70. The fourth-order valence-corrected chi connectivity index (χ4v) is 3.36. The molecule has 1 heterocycles. The number of methoxy groups -OCH3 is 1. The van der Waals surface area contributed by atoms with Gasteiger partial charge in [0.1, 0.15) is 5.75 Å². The number of hydrogen-bond acceptors (Lipinski definition) is 4. The van der Waals surface area contributed by atoms with Gasteiger partial charge in [0, 0.05) is 32.5 Å². The van der Waals surface area contributed by atoms with Gasteiger partial charge in [-0.25, -0.2) is 0 Å². The number of pyridine rings is 1. The molecule has 1 N–H and O–H groups in total. The highest BCUT2D eigenvalue weighted by molar-refractivity contribution is 7.80. The number of hydrogen-bond donors (Lipinski definition) is 1. The van der Waals surface area contributed by atoms with E-state index in [0.29, 0.717) is 18.2 Å². The Labute approximate surface area is 184 Å². The highest BCUT2D eigenvalue weighted by Crippen LogP contribution is 2.26. The van der Waals surface area contributed by atoms with E-state index >= 15 is 0 Å². The number of thiocarbonyl (C=S) groups is 1. The lowest BCUT2D eigenvalue weighted by Crippen LogP contribution is -2.34. The quantitative estimate of drug-likeness (QED) is 0.550. The van der Waals surface area contributed by atoms with Crippen molar-refractivity contribution in [3.05, 3.63) is 83.7 Å². The van der Waals surface area contributed by atoms with Crippen molar-refractivity contribution in [3.63, 3.8) is 0 Å². The summed E-state index contributed by atoms with van der Waals surface area (Å²) in [6.07, 6.45) is 1.81. The first-order valence-corrected chi connectivity index (χ1v) is 10.2. The molecule has 30 heavy (non-hydrogen) atoms. The maximum atomic E-state index is 5.80. The summed E-state index contributed by atoms with van der Waals surface area (Å²) in [5, 5.41) is 3.99. The summed E-state index contributed by atoms with van der Waals surface area (Å²) in [5.74, 6) is 0.760. The van der Waals surface area contributed by atoms with Crippen molar-refractivity contribution >= 4 is 28.7 Å². The molecule has 1 aromatic heterocycles. The largest absolute Gasteiger partial charge is 0.495 e. The first-order chi connectivity index (χ1) is 14.5. The Morgan fingerprint density at radius 2 is 1.80 bits per heavy atom. The minimum Gasteiger partial charge on any atom is -0.495 e. The number of rotatable bonds is 7. The Morgan fingerprint density at radius 1 is 1.03 bits per heavy atom. The van der Waals surface area contributed by atoms with E-state index in [2.05, 4.69) is 44.4 Å². The summed E-state index contributed by atoms with van der Waals surface area (Å²) in [7, 11) is 5.74. The van der Waals surface area contributed by atoms with E-state index in [9.17, 15) is 0 Å². The van der Waals surface area contributed by atoms with Gasteiger partial charge in [-0.15, -0.1) is 0 Å². The lowest BCUT2D eigenvalue weighted by molar-refractivity contribution is 0.405. The molecular formula is C24H28N4OS. The second-order valence-electron chi connectivity index (χ2n) is 7.37. The van der Waals surface area contributed by atoms with Crippen molar-refractivity contribution in [2.45, 2.75) is 20.0 Å². The molecular weight excluding hydrogens is 392 g/mol. The Bertz CT molecular complexity index is 974. The smallest absolute Gasteiger partial charge is 0.174 e. The predicted octanol–water partition coefficient (Wildman–Crippen LogP) is 4.86. The lowest BCUT2D eigenvalue weighted by atomic mass is 10.2. The molecule has 0 radical (unpaired) electrons. The lowest BCUT2D eigenvalue weighted by Gasteiger charge is -2.26. The average Bonchev–Trinajstić information content (AvgIpc) is 2.74. The summed E-state index contributed by atoms with van der Waals surface area (Å²) in [5.41, 5.74) is 5.30. The van der Waals surface area contributed by atoms with E-state index in [0.717, 1.165) is 22.7 Å². The fourth-order valence-electron chi connectivity index (χ4n) is 3.12. The topological polar surface area (TPSA) is 40.6 Å². The summed E-state index contributed by atoms with van der Waals surface area (Å²) in [4.78, 5) is 8.68. The highest BCUT2D eigenvalue weighted by Gasteiger charge is 2.14. The molecule has 2 aromatic carbocycles. The summed E-state index contributed by atoms with van der Waals surface area (Å²) in [6, 6.07) is 20.4. The van der Waals surface area contributed by atoms with Crippen LogP contribution in [-0.4, -0.2) is 36.2 Å². The second-order valence-corrected chi connectivity index (χ2v) is 7.76. The number of nitrogens with zero attached hydrogens (tertiary/aromatic N) is 3. The maximum absolute atomic E-state index is 5.80. The van der Waals surface area contributed by atoms with Crippen LogP contribution in [0.15, 0.2) is 66.9 Å². The van der Waals surface area contributed by atoms with E-state index in [1.54, 1.807) is 13.3 Å². The van der Waals surface area contributed by atoms with Gasteiger partial charge in [0.15, 0.2) is 5.11 Å². The number of aromatic nitrogens is 1. The monoisotopic (exact) mass is 420 g/mol. The third-order valence-corrected chi connectivity index (χ3v) is 5.15. The van der Waals surface area contributed by atoms with Crippen LogP contribution in [0.25, 0.3) is 0 Å². The maximum Gasteiger partial charge on any atom is 0.174 e. The zero-order chi connectivity index (χ0) is 21.5. The number of aryl methyl sites for hydroxylation is 1. The summed E-state index contributed by atoms with van der Waals surface area (Å²) >= 11 is 5.80. The van der Waals surface area contributed by atoms with Crippen molar-refractivity contribution in [1.82, 2.24) is 9.88 Å². The molecule has 3 rings (SSSR count). The summed E-state index contributed by atoms with van der Waals surface area (Å²) < 4.78 is 5.50. The number of benzene rings is 2. The van der Waals surface area contributed by atoms with Gasteiger partial charge in [0.2, 0.25) is 0 Å². The Balaban J connectivity index is 1.83. The Hall–Kier alpha value is -3.12. The Kier molecular flexibility index (Phi) is 7.25. The molecule has 156 valence electrons. The molecule has 0 aliphatic rings. The van der Waals surface area contributed by atoms with Crippen LogP contribution in [0, 0.1) is 6.92 Å².